The van der Waals surface area contributed by atoms with E-state index in [1.165, 1.54) is 7.11 Å². The highest BCUT2D eigenvalue weighted by Crippen LogP contribution is 2.28. The minimum atomic E-state index is -0.951. The Morgan fingerprint density at radius 3 is 2.77 bits per heavy atom. The summed E-state index contributed by atoms with van der Waals surface area (Å²) >= 11 is 6.37. The summed E-state index contributed by atoms with van der Waals surface area (Å²) in [4.78, 5) is 28.6. The van der Waals surface area contributed by atoms with E-state index in [9.17, 15) is 9.59 Å². The first-order chi connectivity index (χ1) is 12.5. The highest BCUT2D eigenvalue weighted by Gasteiger charge is 2.27. The lowest BCUT2D eigenvalue weighted by Gasteiger charge is -2.13. The van der Waals surface area contributed by atoms with E-state index in [-0.39, 0.29) is 12.5 Å². The number of hydrogen-bond acceptors (Lipinski definition) is 5. The van der Waals surface area contributed by atoms with Crippen molar-refractivity contribution in [3.8, 4) is 0 Å². The number of benzodiazepines with no additional fused rings is 1. The van der Waals surface area contributed by atoms with E-state index >= 15 is 0 Å². The summed E-state index contributed by atoms with van der Waals surface area (Å²) in [7, 11) is 1.29. The molecule has 134 valence electrons. The van der Waals surface area contributed by atoms with Crippen LogP contribution in [0.2, 0.25) is 5.02 Å². The topological polar surface area (TPSA) is 79.8 Å². The number of halogens is 1. The van der Waals surface area contributed by atoms with Crippen LogP contribution in [0.4, 0.5) is 5.69 Å². The van der Waals surface area contributed by atoms with E-state index < -0.39 is 12.1 Å². The molecule has 0 fully saturated rings. The molecule has 26 heavy (non-hydrogen) atoms. The van der Waals surface area contributed by atoms with Gasteiger partial charge in [0.15, 0.2) is 6.17 Å². The van der Waals surface area contributed by atoms with E-state index in [1.54, 1.807) is 6.07 Å². The summed E-state index contributed by atoms with van der Waals surface area (Å²) in [6, 6.07) is 13.0. The van der Waals surface area contributed by atoms with Crippen LogP contribution in [0, 0.1) is 6.92 Å². The number of rotatable bonds is 4. The number of amides is 1. The monoisotopic (exact) mass is 371 g/mol. The number of methoxy groups -OCH3 is 1. The van der Waals surface area contributed by atoms with Crippen molar-refractivity contribution >= 4 is 34.9 Å². The number of esters is 1. The number of ether oxygens (including phenoxy) is 1. The highest BCUT2D eigenvalue weighted by atomic mass is 35.5. The highest BCUT2D eigenvalue weighted by molar-refractivity contribution is 6.36. The number of nitrogens with one attached hydrogen (secondary N) is 2. The molecule has 1 aliphatic heterocycles. The Hall–Kier alpha value is -2.70. The van der Waals surface area contributed by atoms with Crippen LogP contribution in [0.15, 0.2) is 47.5 Å². The number of nitrogens with zero attached hydrogens (tertiary/aromatic N) is 1. The third-order valence-electron chi connectivity index (χ3n) is 3.99. The van der Waals surface area contributed by atoms with Crippen LogP contribution in [0.1, 0.15) is 16.7 Å². The smallest absolute Gasteiger partial charge is 0.319 e. The third kappa shape index (κ3) is 3.76. The lowest BCUT2D eigenvalue weighted by molar-refractivity contribution is -0.139. The Balaban J connectivity index is 2.10. The maximum Gasteiger partial charge on any atom is 0.319 e. The van der Waals surface area contributed by atoms with Gasteiger partial charge in [0.2, 0.25) is 0 Å². The Morgan fingerprint density at radius 1 is 1.27 bits per heavy atom. The summed E-state index contributed by atoms with van der Waals surface area (Å²) in [5, 5.41) is 6.19. The van der Waals surface area contributed by atoms with Gasteiger partial charge < -0.3 is 10.1 Å². The lowest BCUT2D eigenvalue weighted by Crippen LogP contribution is -2.41. The Bertz CT molecular complexity index is 895. The van der Waals surface area contributed by atoms with Crippen molar-refractivity contribution in [1.29, 1.82) is 0 Å². The molecule has 2 aromatic rings. The van der Waals surface area contributed by atoms with Crippen molar-refractivity contribution in [2.75, 3.05) is 19.0 Å². The molecular weight excluding hydrogens is 354 g/mol. The fourth-order valence-electron chi connectivity index (χ4n) is 2.68. The van der Waals surface area contributed by atoms with Gasteiger partial charge in [0.05, 0.1) is 25.1 Å². The fourth-order valence-corrected chi connectivity index (χ4v) is 2.91. The predicted octanol–water partition coefficient (Wildman–Crippen LogP) is 2.53. The van der Waals surface area contributed by atoms with E-state index in [4.69, 9.17) is 11.6 Å². The number of benzene rings is 2. The molecule has 1 heterocycles. The SMILES string of the molecule is COC(=O)CNC1N=C(c2ccccc2Cl)c2cc(C)ccc2NC1=O. The number of anilines is 1. The zero-order chi connectivity index (χ0) is 18.7. The Morgan fingerprint density at radius 2 is 2.04 bits per heavy atom. The Kier molecular flexibility index (Phi) is 5.35. The average molecular weight is 372 g/mol. The second-order valence-corrected chi connectivity index (χ2v) is 6.26. The molecule has 1 atom stereocenters. The molecule has 0 bridgehead atoms. The van der Waals surface area contributed by atoms with Crippen molar-refractivity contribution in [2.24, 2.45) is 4.99 Å². The van der Waals surface area contributed by atoms with Crippen molar-refractivity contribution < 1.29 is 14.3 Å². The summed E-state index contributed by atoms with van der Waals surface area (Å²) in [5.41, 5.74) is 3.73. The minimum absolute atomic E-state index is 0.136. The number of hydrogen-bond donors (Lipinski definition) is 2. The predicted molar refractivity (Wildman–Crippen MR) is 101 cm³/mol. The molecule has 0 saturated carbocycles. The number of aryl methyl sites for hydroxylation is 1. The summed E-state index contributed by atoms with van der Waals surface area (Å²) in [6.45, 7) is 1.83. The molecule has 0 aliphatic carbocycles. The van der Waals surface area contributed by atoms with Gasteiger partial charge in [0, 0.05) is 16.1 Å². The maximum absolute atomic E-state index is 12.6. The van der Waals surface area contributed by atoms with Crippen molar-refractivity contribution in [3.63, 3.8) is 0 Å². The van der Waals surface area contributed by atoms with Gasteiger partial charge >= 0.3 is 5.97 Å². The van der Waals surface area contributed by atoms with Gasteiger partial charge in [-0.15, -0.1) is 0 Å². The Labute approximate surface area is 156 Å². The largest absolute Gasteiger partial charge is 0.468 e. The van der Waals surface area contributed by atoms with Gasteiger partial charge in [-0.25, -0.2) is 0 Å². The summed E-state index contributed by atoms with van der Waals surface area (Å²) in [6.07, 6.45) is -0.951. The minimum Gasteiger partial charge on any atom is -0.468 e. The molecule has 1 aliphatic rings. The van der Waals surface area contributed by atoms with Gasteiger partial charge in [0.25, 0.3) is 5.91 Å². The fraction of sp³-hybridized carbons (Fsp3) is 0.211. The average Bonchev–Trinajstić information content (AvgIpc) is 2.76. The molecule has 1 unspecified atom stereocenters. The van der Waals surface area contributed by atoms with E-state index in [2.05, 4.69) is 20.4 Å². The lowest BCUT2D eigenvalue weighted by atomic mass is 9.99. The number of carbonyl (C=O) groups excluding carboxylic acids is 2. The van der Waals surface area contributed by atoms with Gasteiger partial charge in [0.1, 0.15) is 0 Å². The molecule has 0 radical (unpaired) electrons. The molecule has 0 spiro atoms. The quantitative estimate of drug-likeness (QED) is 0.809. The van der Waals surface area contributed by atoms with Crippen LogP contribution in [0.25, 0.3) is 0 Å². The van der Waals surface area contributed by atoms with Crippen LogP contribution in [0.5, 0.6) is 0 Å². The van der Waals surface area contributed by atoms with Gasteiger partial charge in [-0.1, -0.05) is 41.4 Å². The molecule has 3 rings (SSSR count). The number of fused-ring (bicyclic) bond motifs is 1. The van der Waals surface area contributed by atoms with Crippen LogP contribution in [0.3, 0.4) is 0 Å². The normalized spacial score (nSPS) is 16.2. The van der Waals surface area contributed by atoms with Crippen molar-refractivity contribution in [1.82, 2.24) is 5.32 Å². The number of carbonyl (C=O) groups is 2. The molecule has 0 aromatic heterocycles. The second-order valence-electron chi connectivity index (χ2n) is 5.86. The van der Waals surface area contributed by atoms with E-state index in [0.29, 0.717) is 22.0 Å². The standard InChI is InChI=1S/C19H18ClN3O3/c1-11-7-8-15-13(9-11)17(12-5-3-4-6-14(12)20)23-18(19(25)22-15)21-10-16(24)26-2/h3-9,18,21H,10H2,1-2H3,(H,22,25). The molecule has 1 amide bonds. The van der Waals surface area contributed by atoms with Crippen LogP contribution < -0.4 is 10.6 Å². The first-order valence-corrected chi connectivity index (χ1v) is 8.42. The van der Waals surface area contributed by atoms with E-state index in [0.717, 1.165) is 11.1 Å². The second kappa shape index (κ2) is 7.68. The molecule has 6 nitrogen and oxygen atoms in total. The van der Waals surface area contributed by atoms with Gasteiger partial charge in [-0.3, -0.25) is 19.9 Å². The zero-order valence-corrected chi connectivity index (χ0v) is 15.1. The van der Waals surface area contributed by atoms with Crippen molar-refractivity contribution in [2.45, 2.75) is 13.1 Å². The first-order valence-electron chi connectivity index (χ1n) is 8.04. The zero-order valence-electron chi connectivity index (χ0n) is 14.4. The number of aliphatic imine (C=N–C) groups is 1. The van der Waals surface area contributed by atoms with E-state index in [1.807, 2.05) is 43.3 Å². The molecule has 7 heteroatoms. The summed E-state index contributed by atoms with van der Waals surface area (Å²) < 4.78 is 4.61. The maximum atomic E-state index is 12.6. The molecule has 2 aromatic carbocycles. The van der Waals surface area contributed by atoms with Crippen LogP contribution in [-0.2, 0) is 14.3 Å². The van der Waals surface area contributed by atoms with Crippen LogP contribution >= 0.6 is 11.6 Å². The van der Waals surface area contributed by atoms with Gasteiger partial charge in [-0.2, -0.15) is 0 Å². The summed E-state index contributed by atoms with van der Waals surface area (Å²) in [5.74, 6) is -0.842. The third-order valence-corrected chi connectivity index (χ3v) is 4.32. The molecule has 0 saturated heterocycles. The molecule has 2 N–H and O–H groups in total. The van der Waals surface area contributed by atoms with Crippen LogP contribution in [-0.4, -0.2) is 37.4 Å². The molecular formula is C19H18ClN3O3. The van der Waals surface area contributed by atoms with Crippen molar-refractivity contribution in [3.05, 3.63) is 64.2 Å². The first kappa shape index (κ1) is 18.1. The van der Waals surface area contributed by atoms with Gasteiger partial charge in [-0.05, 0) is 25.1 Å².